The average molecular weight is 423 g/mol. The molecule has 5 N–H and O–H groups in total. The van der Waals surface area contributed by atoms with Gasteiger partial charge in [0.05, 0.1) is 23.6 Å². The van der Waals surface area contributed by atoms with Gasteiger partial charge in [0.25, 0.3) is 0 Å². The van der Waals surface area contributed by atoms with E-state index in [0.717, 1.165) is 25.7 Å². The summed E-state index contributed by atoms with van der Waals surface area (Å²) in [7, 11) is 0. The summed E-state index contributed by atoms with van der Waals surface area (Å²) in [4.78, 5) is 19.9. The predicted octanol–water partition coefficient (Wildman–Crippen LogP) is 1.34. The Morgan fingerprint density at radius 2 is 2.00 bits per heavy atom. The molecule has 1 aliphatic rings. The van der Waals surface area contributed by atoms with Crippen LogP contribution in [-0.4, -0.2) is 44.4 Å². The summed E-state index contributed by atoms with van der Waals surface area (Å²) in [5.41, 5.74) is 12.2. The number of imidazole rings is 1. The second-order valence-electron chi connectivity index (χ2n) is 9.77. The van der Waals surface area contributed by atoms with Crippen LogP contribution < -0.4 is 16.6 Å². The van der Waals surface area contributed by atoms with Crippen LogP contribution in [0.1, 0.15) is 71.9 Å². The van der Waals surface area contributed by atoms with Gasteiger partial charge in [-0.15, -0.1) is 0 Å². The highest BCUT2D eigenvalue weighted by Crippen LogP contribution is 2.35. The number of nitrogens with two attached hydrogens (primary N) is 2. The van der Waals surface area contributed by atoms with Gasteiger partial charge >= 0.3 is 5.97 Å². The normalized spacial score (nSPS) is 26.4. The largest absolute Gasteiger partial charge is 0.595 e. The lowest BCUT2D eigenvalue weighted by Gasteiger charge is -2.41. The monoisotopic (exact) mass is 422 g/mol. The minimum absolute atomic E-state index is 0.189. The standard InChI is InChI=1S/C21H37N5O4/c1-19(2,3)30-18(29)24-11-5-6-15(17(27)28)12-16-13-26(14-25-16)21(23)9-7-20(4,22)8-10-21/h13-15H,5-12,22-23H2,1-4H3,(H,24,29)(H,27,28)/p-1/t15-,20?,21?/m0/s1. The van der Waals surface area contributed by atoms with Gasteiger partial charge in [-0.3, -0.25) is 9.79 Å². The van der Waals surface area contributed by atoms with E-state index in [9.17, 15) is 15.0 Å². The highest BCUT2D eigenvalue weighted by Gasteiger charge is 2.37. The first-order valence-corrected chi connectivity index (χ1v) is 10.5. The Kier molecular flexibility index (Phi) is 7.52. The number of nitrogens with zero attached hydrogens (tertiary/aromatic N) is 3. The first-order valence-electron chi connectivity index (χ1n) is 10.5. The fourth-order valence-electron chi connectivity index (χ4n) is 3.59. The molecule has 9 heteroatoms. The lowest BCUT2D eigenvalue weighted by molar-refractivity contribution is -0.260. The maximum atomic E-state index is 11.7. The Morgan fingerprint density at radius 1 is 1.37 bits per heavy atom. The van der Waals surface area contributed by atoms with Gasteiger partial charge in [0.1, 0.15) is 6.08 Å². The molecule has 0 spiro atoms. The number of ether oxygens (including phenoxy) is 1. The number of aliphatic imine (C=N–C) groups is 1. The number of carbonyl (C=O) groups is 1. The molecule has 1 aromatic rings. The number of hydrogen-bond acceptors (Lipinski definition) is 7. The Hall–Kier alpha value is -2.13. The van der Waals surface area contributed by atoms with E-state index in [1.807, 2.05) is 17.7 Å². The lowest BCUT2D eigenvalue weighted by atomic mass is 9.78. The minimum atomic E-state index is -0.888. The van der Waals surface area contributed by atoms with Crippen molar-refractivity contribution in [2.24, 2.45) is 22.4 Å². The molecule has 9 nitrogen and oxygen atoms in total. The van der Waals surface area contributed by atoms with Crippen molar-refractivity contribution in [3.05, 3.63) is 18.2 Å². The topological polar surface area (TPSA) is 152 Å². The molecular formula is C21H36N5O4-. The molecule has 0 amide bonds. The van der Waals surface area contributed by atoms with E-state index in [0.29, 0.717) is 25.0 Å². The van der Waals surface area contributed by atoms with E-state index in [4.69, 9.17) is 16.2 Å². The number of aliphatic carboxylic acids is 1. The zero-order chi connectivity index (χ0) is 22.6. The third kappa shape index (κ3) is 7.28. The van der Waals surface area contributed by atoms with Gasteiger partial charge in [0, 0.05) is 30.3 Å². The molecule has 0 aromatic carbocycles. The average Bonchev–Trinajstić information content (AvgIpc) is 3.08. The van der Waals surface area contributed by atoms with Crippen LogP contribution in [0.5, 0.6) is 0 Å². The highest BCUT2D eigenvalue weighted by atomic mass is 16.6. The van der Waals surface area contributed by atoms with Crippen molar-refractivity contribution < 1.29 is 19.7 Å². The van der Waals surface area contributed by atoms with E-state index in [1.54, 1.807) is 27.1 Å². The molecule has 0 unspecified atom stereocenters. The maximum Gasteiger partial charge on any atom is 0.306 e. The Balaban J connectivity index is 1.90. The van der Waals surface area contributed by atoms with Crippen molar-refractivity contribution in [2.75, 3.05) is 6.54 Å². The van der Waals surface area contributed by atoms with E-state index in [-0.39, 0.29) is 12.1 Å². The molecule has 170 valence electrons. The second-order valence-corrected chi connectivity index (χ2v) is 9.77. The van der Waals surface area contributed by atoms with E-state index >= 15 is 0 Å². The lowest BCUT2D eigenvalue weighted by Crippen LogP contribution is -2.52. The molecule has 1 aromatic heterocycles. The molecule has 0 bridgehead atoms. The van der Waals surface area contributed by atoms with Crippen LogP contribution in [0.3, 0.4) is 0 Å². The summed E-state index contributed by atoms with van der Waals surface area (Å²) in [6, 6.07) is 0. The predicted molar refractivity (Wildman–Crippen MR) is 113 cm³/mol. The van der Waals surface area contributed by atoms with Gasteiger partial charge in [0.2, 0.25) is 0 Å². The molecule has 30 heavy (non-hydrogen) atoms. The fraction of sp³-hybridized carbons (Fsp3) is 0.762. The maximum absolute atomic E-state index is 11.7. The molecule has 1 heterocycles. The summed E-state index contributed by atoms with van der Waals surface area (Å²) >= 11 is 0. The van der Waals surface area contributed by atoms with Gasteiger partial charge in [0.15, 0.2) is 0 Å². The first kappa shape index (κ1) is 24.1. The molecule has 2 rings (SSSR count). The van der Waals surface area contributed by atoms with Crippen molar-refractivity contribution in [3.8, 4) is 0 Å². The van der Waals surface area contributed by atoms with E-state index < -0.39 is 29.2 Å². The molecule has 0 radical (unpaired) electrons. The summed E-state index contributed by atoms with van der Waals surface area (Å²) in [5, 5.41) is 21.2. The zero-order valence-corrected chi connectivity index (χ0v) is 18.6. The quantitative estimate of drug-likeness (QED) is 0.325. The van der Waals surface area contributed by atoms with E-state index in [2.05, 4.69) is 9.98 Å². The molecule has 1 aliphatic carbocycles. The fourth-order valence-corrected chi connectivity index (χ4v) is 3.59. The number of rotatable bonds is 8. The Labute approximate surface area is 178 Å². The zero-order valence-electron chi connectivity index (χ0n) is 18.6. The highest BCUT2D eigenvalue weighted by molar-refractivity contribution is 5.70. The van der Waals surface area contributed by atoms with Gasteiger partial charge in [-0.1, -0.05) is 20.8 Å². The third-order valence-electron chi connectivity index (χ3n) is 5.56. The minimum Gasteiger partial charge on any atom is -0.595 e. The first-order chi connectivity index (χ1) is 13.8. The van der Waals surface area contributed by atoms with Crippen molar-refractivity contribution in [2.45, 2.75) is 89.4 Å². The SMILES string of the molecule is CC1(N)CCC(N)(n2cnc(C[C@H](CCCN=C([O-])OC(C)(C)C)C(=O)O)c2)CC1. The number of hydrogen-bond donors (Lipinski definition) is 3. The molecule has 1 saturated carbocycles. The molecule has 1 fully saturated rings. The van der Waals surface area contributed by atoms with Gasteiger partial charge < -0.3 is 31.0 Å². The number of carboxylic acid groups (broad SMARTS) is 1. The summed E-state index contributed by atoms with van der Waals surface area (Å²) in [6.45, 7) is 7.59. The number of carboxylic acids is 1. The van der Waals surface area contributed by atoms with E-state index in [1.165, 1.54) is 0 Å². The van der Waals surface area contributed by atoms with Crippen LogP contribution in [0.2, 0.25) is 0 Å². The van der Waals surface area contributed by atoms with Crippen LogP contribution in [0.25, 0.3) is 0 Å². The smallest absolute Gasteiger partial charge is 0.306 e. The van der Waals surface area contributed by atoms with Crippen LogP contribution in [0, 0.1) is 5.92 Å². The van der Waals surface area contributed by atoms with Crippen molar-refractivity contribution in [3.63, 3.8) is 0 Å². The molecular weight excluding hydrogens is 386 g/mol. The summed E-state index contributed by atoms with van der Waals surface area (Å²) in [6.07, 6.45) is 7.26. The van der Waals surface area contributed by atoms with Gasteiger partial charge in [-0.05, 0) is 45.4 Å². The molecule has 0 saturated heterocycles. The number of aromatic nitrogens is 2. The van der Waals surface area contributed by atoms with Gasteiger partial charge in [-0.2, -0.15) is 0 Å². The van der Waals surface area contributed by atoms with Crippen LogP contribution in [0.4, 0.5) is 0 Å². The summed E-state index contributed by atoms with van der Waals surface area (Å²) < 4.78 is 7.01. The van der Waals surface area contributed by atoms with Crippen LogP contribution in [0.15, 0.2) is 17.5 Å². The third-order valence-corrected chi connectivity index (χ3v) is 5.56. The Morgan fingerprint density at radius 3 is 2.57 bits per heavy atom. The molecule has 1 atom stereocenters. The van der Waals surface area contributed by atoms with Crippen molar-refractivity contribution in [1.29, 1.82) is 0 Å². The van der Waals surface area contributed by atoms with Crippen molar-refractivity contribution >= 4 is 12.1 Å². The Bertz CT molecular complexity index is 741. The van der Waals surface area contributed by atoms with Crippen LogP contribution >= 0.6 is 0 Å². The van der Waals surface area contributed by atoms with Gasteiger partial charge in [-0.25, -0.2) is 4.98 Å². The second kappa shape index (κ2) is 9.34. The van der Waals surface area contributed by atoms with Crippen LogP contribution in [-0.2, 0) is 21.6 Å². The molecule has 0 aliphatic heterocycles. The van der Waals surface area contributed by atoms with Crippen molar-refractivity contribution in [1.82, 2.24) is 9.55 Å². The summed E-state index contributed by atoms with van der Waals surface area (Å²) in [5.74, 6) is -1.49.